The highest BCUT2D eigenvalue weighted by Gasteiger charge is 2.23. The summed E-state index contributed by atoms with van der Waals surface area (Å²) in [7, 11) is 0. The summed E-state index contributed by atoms with van der Waals surface area (Å²) in [6.07, 6.45) is 5.89. The molecule has 9 heteroatoms. The second kappa shape index (κ2) is 8.37. The normalized spacial score (nSPS) is 22.7. The Labute approximate surface area is 166 Å². The maximum atomic E-state index is 9.70. The zero-order valence-electron chi connectivity index (χ0n) is 15.0. The van der Waals surface area contributed by atoms with Gasteiger partial charge in [-0.1, -0.05) is 0 Å². The van der Waals surface area contributed by atoms with Crippen molar-refractivity contribution < 1.29 is 5.11 Å². The molecule has 2 aromatic heterocycles. The SMILES string of the molecule is OC1CCC(Nc2nc(Nc3ccc(N4CCNCC4)cn3)ncc2Br)C1. The second-order valence-corrected chi connectivity index (χ2v) is 7.82. The van der Waals surface area contributed by atoms with Gasteiger partial charge in [0.2, 0.25) is 5.95 Å². The molecule has 1 saturated heterocycles. The molecule has 0 aromatic carbocycles. The van der Waals surface area contributed by atoms with Gasteiger partial charge in [0.05, 0.1) is 22.5 Å². The lowest BCUT2D eigenvalue weighted by atomic mass is 10.2. The Morgan fingerprint density at radius 1 is 1.15 bits per heavy atom. The molecular weight excluding hydrogens is 410 g/mol. The van der Waals surface area contributed by atoms with E-state index in [9.17, 15) is 5.11 Å². The van der Waals surface area contributed by atoms with Crippen LogP contribution in [0.15, 0.2) is 29.0 Å². The summed E-state index contributed by atoms with van der Waals surface area (Å²) >= 11 is 3.49. The van der Waals surface area contributed by atoms with Gasteiger partial charge in [-0.3, -0.25) is 0 Å². The van der Waals surface area contributed by atoms with Gasteiger partial charge in [-0.15, -0.1) is 0 Å². The smallest absolute Gasteiger partial charge is 0.230 e. The number of aromatic nitrogens is 3. The van der Waals surface area contributed by atoms with Crippen LogP contribution >= 0.6 is 15.9 Å². The molecule has 0 radical (unpaired) electrons. The molecule has 4 rings (SSSR count). The van der Waals surface area contributed by atoms with Crippen LogP contribution in [-0.4, -0.2) is 58.4 Å². The van der Waals surface area contributed by atoms with Crippen molar-refractivity contribution in [3.05, 3.63) is 29.0 Å². The van der Waals surface area contributed by atoms with Gasteiger partial charge in [0.1, 0.15) is 11.6 Å². The molecule has 1 aliphatic carbocycles. The van der Waals surface area contributed by atoms with Crippen LogP contribution in [0.1, 0.15) is 19.3 Å². The second-order valence-electron chi connectivity index (χ2n) is 6.96. The van der Waals surface area contributed by atoms with Crippen LogP contribution in [0.3, 0.4) is 0 Å². The summed E-state index contributed by atoms with van der Waals surface area (Å²) in [6, 6.07) is 4.25. The van der Waals surface area contributed by atoms with Gasteiger partial charge in [0, 0.05) is 38.4 Å². The number of nitrogens with zero attached hydrogens (tertiary/aromatic N) is 4. The predicted molar refractivity (Wildman–Crippen MR) is 110 cm³/mol. The predicted octanol–water partition coefficient (Wildman–Crippen LogP) is 2.11. The minimum Gasteiger partial charge on any atom is -0.393 e. The number of halogens is 1. The third-order valence-corrected chi connectivity index (χ3v) is 5.54. The maximum absolute atomic E-state index is 9.70. The van der Waals surface area contributed by atoms with Gasteiger partial charge in [0.25, 0.3) is 0 Å². The highest BCUT2D eigenvalue weighted by Crippen LogP contribution is 2.27. The zero-order valence-corrected chi connectivity index (χ0v) is 16.6. The first kappa shape index (κ1) is 18.4. The van der Waals surface area contributed by atoms with Gasteiger partial charge in [-0.05, 0) is 47.3 Å². The molecule has 2 unspecified atom stereocenters. The molecule has 2 aromatic rings. The highest BCUT2D eigenvalue weighted by atomic mass is 79.9. The minimum atomic E-state index is -0.223. The lowest BCUT2D eigenvalue weighted by molar-refractivity contribution is 0.182. The number of hydrogen-bond acceptors (Lipinski definition) is 8. The Hall–Kier alpha value is -1.97. The molecule has 0 bridgehead atoms. The first-order chi connectivity index (χ1) is 13.2. The fourth-order valence-electron chi connectivity index (χ4n) is 3.50. The lowest BCUT2D eigenvalue weighted by Gasteiger charge is -2.29. The van der Waals surface area contributed by atoms with Crippen molar-refractivity contribution in [1.82, 2.24) is 20.3 Å². The summed E-state index contributed by atoms with van der Waals surface area (Å²) in [5.74, 6) is 1.92. The summed E-state index contributed by atoms with van der Waals surface area (Å²) in [5, 5.41) is 19.6. The van der Waals surface area contributed by atoms with Gasteiger partial charge >= 0.3 is 0 Å². The largest absolute Gasteiger partial charge is 0.393 e. The van der Waals surface area contributed by atoms with Gasteiger partial charge < -0.3 is 26.0 Å². The molecule has 1 saturated carbocycles. The van der Waals surface area contributed by atoms with E-state index in [2.05, 4.69) is 57.8 Å². The van der Waals surface area contributed by atoms with Crippen molar-refractivity contribution in [1.29, 1.82) is 0 Å². The van der Waals surface area contributed by atoms with Crippen molar-refractivity contribution in [3.8, 4) is 0 Å². The molecule has 144 valence electrons. The number of aliphatic hydroxyl groups excluding tert-OH is 1. The number of nitrogens with one attached hydrogen (secondary N) is 3. The van der Waals surface area contributed by atoms with Crippen molar-refractivity contribution in [2.75, 3.05) is 41.7 Å². The molecule has 3 heterocycles. The first-order valence-corrected chi connectivity index (χ1v) is 10.1. The van der Waals surface area contributed by atoms with Crippen LogP contribution < -0.4 is 20.9 Å². The van der Waals surface area contributed by atoms with E-state index in [0.29, 0.717) is 11.8 Å². The van der Waals surface area contributed by atoms with Crippen molar-refractivity contribution in [2.45, 2.75) is 31.4 Å². The fraction of sp³-hybridized carbons (Fsp3) is 0.500. The van der Waals surface area contributed by atoms with Gasteiger partial charge in [0.15, 0.2) is 0 Å². The Kier molecular flexibility index (Phi) is 5.70. The number of anilines is 4. The highest BCUT2D eigenvalue weighted by molar-refractivity contribution is 9.10. The molecule has 4 N–H and O–H groups in total. The zero-order chi connectivity index (χ0) is 18.6. The summed E-state index contributed by atoms with van der Waals surface area (Å²) in [6.45, 7) is 3.99. The summed E-state index contributed by atoms with van der Waals surface area (Å²) in [5.41, 5.74) is 1.13. The molecule has 27 heavy (non-hydrogen) atoms. The topological polar surface area (TPSA) is 98.2 Å². The third-order valence-electron chi connectivity index (χ3n) is 4.96. The van der Waals surface area contributed by atoms with E-state index in [4.69, 9.17) is 0 Å². The van der Waals surface area contributed by atoms with Crippen LogP contribution in [0.5, 0.6) is 0 Å². The number of aliphatic hydroxyl groups is 1. The average Bonchev–Trinajstić information content (AvgIpc) is 3.10. The van der Waals surface area contributed by atoms with E-state index in [1.807, 2.05) is 12.3 Å². The standard InChI is InChI=1S/C18H24BrN7O/c19-15-11-22-18(25-17(15)23-12-1-3-14(27)9-12)24-16-4-2-13(10-21-16)26-7-5-20-6-8-26/h2,4,10-12,14,20,27H,1,3,5-9H2,(H2,21,22,23,24,25). The van der Waals surface area contributed by atoms with E-state index < -0.39 is 0 Å². The number of pyridine rings is 1. The van der Waals surface area contributed by atoms with E-state index >= 15 is 0 Å². The molecule has 8 nitrogen and oxygen atoms in total. The van der Waals surface area contributed by atoms with Crippen molar-refractivity contribution in [2.24, 2.45) is 0 Å². The average molecular weight is 434 g/mol. The van der Waals surface area contributed by atoms with Crippen LogP contribution in [0.25, 0.3) is 0 Å². The van der Waals surface area contributed by atoms with Crippen LogP contribution in [0, 0.1) is 0 Å². The molecule has 1 aliphatic heterocycles. The maximum Gasteiger partial charge on any atom is 0.230 e. The number of piperazine rings is 1. The number of hydrogen-bond donors (Lipinski definition) is 4. The third kappa shape index (κ3) is 4.66. The molecule has 2 aliphatic rings. The van der Waals surface area contributed by atoms with Crippen molar-refractivity contribution >= 4 is 39.2 Å². The van der Waals surface area contributed by atoms with Crippen LogP contribution in [-0.2, 0) is 0 Å². The van der Waals surface area contributed by atoms with Crippen LogP contribution in [0.2, 0.25) is 0 Å². The first-order valence-electron chi connectivity index (χ1n) is 9.33. The molecular formula is C18H24BrN7O. The quantitative estimate of drug-likeness (QED) is 0.568. The van der Waals surface area contributed by atoms with Gasteiger partial charge in [-0.2, -0.15) is 4.98 Å². The van der Waals surface area contributed by atoms with Gasteiger partial charge in [-0.25, -0.2) is 9.97 Å². The summed E-state index contributed by atoms with van der Waals surface area (Å²) in [4.78, 5) is 15.7. The molecule has 2 atom stereocenters. The monoisotopic (exact) mass is 433 g/mol. The van der Waals surface area contributed by atoms with E-state index in [-0.39, 0.29) is 12.1 Å². The molecule has 0 amide bonds. The van der Waals surface area contributed by atoms with E-state index in [1.165, 1.54) is 0 Å². The summed E-state index contributed by atoms with van der Waals surface area (Å²) < 4.78 is 0.802. The number of rotatable bonds is 5. The lowest BCUT2D eigenvalue weighted by Crippen LogP contribution is -2.43. The Balaban J connectivity index is 1.42. The van der Waals surface area contributed by atoms with E-state index in [0.717, 1.165) is 61.4 Å². The molecule has 0 spiro atoms. The Morgan fingerprint density at radius 2 is 2.00 bits per heavy atom. The Morgan fingerprint density at radius 3 is 2.70 bits per heavy atom. The van der Waals surface area contributed by atoms with Crippen molar-refractivity contribution in [3.63, 3.8) is 0 Å². The van der Waals surface area contributed by atoms with E-state index in [1.54, 1.807) is 6.20 Å². The Bertz CT molecular complexity index is 767. The fourth-order valence-corrected chi connectivity index (χ4v) is 3.80. The van der Waals surface area contributed by atoms with Crippen LogP contribution in [0.4, 0.5) is 23.3 Å². The minimum absolute atomic E-state index is 0.223. The molecule has 2 fully saturated rings.